The summed E-state index contributed by atoms with van der Waals surface area (Å²) < 4.78 is 18.9. The molecule has 1 aliphatic rings. The maximum absolute atomic E-state index is 13.3. The number of rotatable bonds is 4. The fourth-order valence-corrected chi connectivity index (χ4v) is 2.90. The van der Waals surface area contributed by atoms with Gasteiger partial charge in [-0.25, -0.2) is 14.4 Å². The van der Waals surface area contributed by atoms with Crippen LogP contribution in [0.25, 0.3) is 0 Å². The first-order chi connectivity index (χ1) is 11.7. The molecule has 6 heteroatoms. The van der Waals surface area contributed by atoms with Crippen molar-refractivity contribution in [2.45, 2.75) is 12.8 Å². The third-order valence-corrected chi connectivity index (χ3v) is 4.08. The van der Waals surface area contributed by atoms with E-state index in [1.807, 2.05) is 11.0 Å². The van der Waals surface area contributed by atoms with Crippen molar-refractivity contribution < 1.29 is 13.9 Å². The normalized spacial score (nSPS) is 18.2. The van der Waals surface area contributed by atoms with Gasteiger partial charge in [-0.2, -0.15) is 0 Å². The Balaban J connectivity index is 1.62. The van der Waals surface area contributed by atoms with Gasteiger partial charge in [0.15, 0.2) is 0 Å². The topological polar surface area (TPSA) is 55.3 Å². The second-order valence-electron chi connectivity index (χ2n) is 5.99. The van der Waals surface area contributed by atoms with Gasteiger partial charge in [-0.1, -0.05) is 12.1 Å². The monoisotopic (exact) mass is 329 g/mol. The van der Waals surface area contributed by atoms with Gasteiger partial charge in [0.05, 0.1) is 19.6 Å². The van der Waals surface area contributed by atoms with Crippen LogP contribution in [0.5, 0.6) is 0 Å². The number of carbonyl (C=O) groups is 1. The minimum absolute atomic E-state index is 0.00112. The lowest BCUT2D eigenvalue weighted by Crippen LogP contribution is -2.37. The molecule has 1 saturated heterocycles. The summed E-state index contributed by atoms with van der Waals surface area (Å²) >= 11 is 0. The Morgan fingerprint density at radius 2 is 2.29 bits per heavy atom. The van der Waals surface area contributed by atoms with Crippen molar-refractivity contribution in [1.82, 2.24) is 14.9 Å². The van der Waals surface area contributed by atoms with Gasteiger partial charge in [-0.15, -0.1) is 0 Å². The highest BCUT2D eigenvalue weighted by Gasteiger charge is 2.23. The number of benzene rings is 1. The summed E-state index contributed by atoms with van der Waals surface area (Å²) in [6.07, 6.45) is 4.19. The van der Waals surface area contributed by atoms with E-state index in [0.29, 0.717) is 31.9 Å². The molecular weight excluding hydrogens is 309 g/mol. The minimum atomic E-state index is -0.318. The molecule has 0 N–H and O–H groups in total. The number of nitrogens with zero attached hydrogens (tertiary/aromatic N) is 3. The van der Waals surface area contributed by atoms with Crippen molar-refractivity contribution in [3.05, 3.63) is 59.9 Å². The van der Waals surface area contributed by atoms with Gasteiger partial charge in [0, 0.05) is 30.9 Å². The van der Waals surface area contributed by atoms with Gasteiger partial charge in [0.2, 0.25) is 5.91 Å². The fraction of sp³-hybridized carbons (Fsp3) is 0.389. The molecule has 2 heterocycles. The quantitative estimate of drug-likeness (QED) is 0.859. The molecule has 3 rings (SSSR count). The molecule has 2 aromatic rings. The third-order valence-electron chi connectivity index (χ3n) is 4.08. The van der Waals surface area contributed by atoms with E-state index in [1.165, 1.54) is 18.5 Å². The van der Waals surface area contributed by atoms with E-state index in [0.717, 1.165) is 12.1 Å². The SMILES string of the molecule is O=C(Cc1cccc(F)c1)N1CCOC[C@@H](Cc2ccncn2)C1. The van der Waals surface area contributed by atoms with Crippen LogP contribution in [0, 0.1) is 11.7 Å². The molecule has 24 heavy (non-hydrogen) atoms. The maximum atomic E-state index is 13.3. The minimum Gasteiger partial charge on any atom is -0.379 e. The van der Waals surface area contributed by atoms with Gasteiger partial charge in [-0.3, -0.25) is 4.79 Å². The van der Waals surface area contributed by atoms with E-state index < -0.39 is 0 Å². The van der Waals surface area contributed by atoms with E-state index in [1.54, 1.807) is 18.3 Å². The van der Waals surface area contributed by atoms with E-state index in [-0.39, 0.29) is 24.1 Å². The van der Waals surface area contributed by atoms with Crippen LogP contribution in [0.2, 0.25) is 0 Å². The van der Waals surface area contributed by atoms with Crippen molar-refractivity contribution in [3.63, 3.8) is 0 Å². The van der Waals surface area contributed by atoms with Gasteiger partial charge in [-0.05, 0) is 30.2 Å². The molecule has 0 aliphatic carbocycles. The Morgan fingerprint density at radius 1 is 1.38 bits per heavy atom. The number of halogens is 1. The van der Waals surface area contributed by atoms with Crippen LogP contribution in [0.1, 0.15) is 11.3 Å². The summed E-state index contributed by atoms with van der Waals surface area (Å²) in [5.41, 5.74) is 1.63. The summed E-state index contributed by atoms with van der Waals surface area (Å²) in [6.45, 7) is 2.31. The Hall–Kier alpha value is -2.34. The van der Waals surface area contributed by atoms with Gasteiger partial charge in [0.1, 0.15) is 12.1 Å². The lowest BCUT2D eigenvalue weighted by atomic mass is 10.0. The Morgan fingerprint density at radius 3 is 3.08 bits per heavy atom. The first-order valence-electron chi connectivity index (χ1n) is 8.05. The standard InChI is InChI=1S/C18H20FN3O2/c19-16-3-1-2-14(8-16)10-18(23)22-6-7-24-12-15(11-22)9-17-4-5-20-13-21-17/h1-5,8,13,15H,6-7,9-12H2/t15-/m0/s1. The molecule has 5 nitrogen and oxygen atoms in total. The van der Waals surface area contributed by atoms with E-state index in [4.69, 9.17) is 4.74 Å². The van der Waals surface area contributed by atoms with E-state index >= 15 is 0 Å². The molecule has 126 valence electrons. The predicted octanol–water partition coefficient (Wildman–Crippen LogP) is 1.88. The largest absolute Gasteiger partial charge is 0.379 e. The van der Waals surface area contributed by atoms with Crippen LogP contribution in [0.4, 0.5) is 4.39 Å². The fourth-order valence-electron chi connectivity index (χ4n) is 2.90. The second-order valence-corrected chi connectivity index (χ2v) is 5.99. The Bertz CT molecular complexity index is 681. The molecule has 1 fully saturated rings. The molecule has 1 aromatic heterocycles. The molecule has 1 aliphatic heterocycles. The van der Waals surface area contributed by atoms with Crippen LogP contribution in [0.15, 0.2) is 42.9 Å². The predicted molar refractivity (Wildman–Crippen MR) is 86.7 cm³/mol. The average molecular weight is 329 g/mol. The van der Waals surface area contributed by atoms with Gasteiger partial charge >= 0.3 is 0 Å². The van der Waals surface area contributed by atoms with Crippen LogP contribution in [0.3, 0.4) is 0 Å². The first kappa shape index (κ1) is 16.5. The Kier molecular flexibility index (Phi) is 5.48. The highest BCUT2D eigenvalue weighted by atomic mass is 19.1. The zero-order chi connectivity index (χ0) is 16.8. The first-order valence-corrected chi connectivity index (χ1v) is 8.05. The number of hydrogen-bond donors (Lipinski definition) is 0. The highest BCUT2D eigenvalue weighted by molar-refractivity contribution is 5.78. The highest BCUT2D eigenvalue weighted by Crippen LogP contribution is 2.14. The van der Waals surface area contributed by atoms with Crippen molar-refractivity contribution in [3.8, 4) is 0 Å². The zero-order valence-electron chi connectivity index (χ0n) is 13.4. The maximum Gasteiger partial charge on any atom is 0.227 e. The second kappa shape index (κ2) is 7.97. The van der Waals surface area contributed by atoms with E-state index in [2.05, 4.69) is 9.97 Å². The lowest BCUT2D eigenvalue weighted by Gasteiger charge is -2.23. The smallest absolute Gasteiger partial charge is 0.227 e. The van der Waals surface area contributed by atoms with Gasteiger partial charge < -0.3 is 9.64 Å². The number of aromatic nitrogens is 2. The molecule has 1 aromatic carbocycles. The van der Waals surface area contributed by atoms with Crippen LogP contribution in [-0.2, 0) is 22.4 Å². The van der Waals surface area contributed by atoms with Crippen molar-refractivity contribution in [2.24, 2.45) is 5.92 Å². The number of amides is 1. The number of ether oxygens (including phenoxy) is 1. The Labute approximate surface area is 140 Å². The van der Waals surface area contributed by atoms with Crippen LogP contribution < -0.4 is 0 Å². The summed E-state index contributed by atoms with van der Waals surface area (Å²) in [5, 5.41) is 0. The molecule has 1 atom stereocenters. The summed E-state index contributed by atoms with van der Waals surface area (Å²) in [6, 6.07) is 8.06. The van der Waals surface area contributed by atoms with Crippen molar-refractivity contribution in [2.75, 3.05) is 26.3 Å². The molecule has 0 spiro atoms. The average Bonchev–Trinajstić information content (AvgIpc) is 2.81. The van der Waals surface area contributed by atoms with Crippen LogP contribution in [-0.4, -0.2) is 47.1 Å². The third kappa shape index (κ3) is 4.58. The van der Waals surface area contributed by atoms with Crippen molar-refractivity contribution in [1.29, 1.82) is 0 Å². The van der Waals surface area contributed by atoms with E-state index in [9.17, 15) is 9.18 Å². The summed E-state index contributed by atoms with van der Waals surface area (Å²) in [5.74, 6) is -0.126. The molecule has 1 amide bonds. The summed E-state index contributed by atoms with van der Waals surface area (Å²) in [7, 11) is 0. The molecule has 0 radical (unpaired) electrons. The number of hydrogen-bond acceptors (Lipinski definition) is 4. The molecule has 0 unspecified atom stereocenters. The molecular formula is C18H20FN3O2. The lowest BCUT2D eigenvalue weighted by molar-refractivity contribution is -0.130. The zero-order valence-corrected chi connectivity index (χ0v) is 13.4. The molecule has 0 bridgehead atoms. The van der Waals surface area contributed by atoms with Gasteiger partial charge in [0.25, 0.3) is 0 Å². The number of carbonyl (C=O) groups excluding carboxylic acids is 1. The molecule has 0 saturated carbocycles. The van der Waals surface area contributed by atoms with Crippen molar-refractivity contribution >= 4 is 5.91 Å². The summed E-state index contributed by atoms with van der Waals surface area (Å²) in [4.78, 5) is 22.5. The van der Waals surface area contributed by atoms with Crippen LogP contribution >= 0.6 is 0 Å².